The van der Waals surface area contributed by atoms with E-state index in [4.69, 9.17) is 9.47 Å². The molecule has 3 aromatic carbocycles. The topological polar surface area (TPSA) is 142 Å². The molecule has 55 heavy (non-hydrogen) atoms. The van der Waals surface area contributed by atoms with Crippen LogP contribution in [0.4, 0.5) is 4.79 Å². The summed E-state index contributed by atoms with van der Waals surface area (Å²) in [5.74, 6) is -2.40. The summed E-state index contributed by atoms with van der Waals surface area (Å²) in [6.45, 7) is 8.90. The first-order valence-corrected chi connectivity index (χ1v) is 19.6. The van der Waals surface area contributed by atoms with E-state index in [9.17, 15) is 19.2 Å². The van der Waals surface area contributed by atoms with Crippen molar-refractivity contribution in [3.8, 4) is 11.1 Å². The van der Waals surface area contributed by atoms with Crippen LogP contribution in [-0.4, -0.2) is 84.7 Å². The number of esters is 1. The number of nitrogens with zero attached hydrogens (tertiary/aromatic N) is 1. The van der Waals surface area contributed by atoms with Crippen molar-refractivity contribution in [3.05, 3.63) is 95.7 Å². The van der Waals surface area contributed by atoms with Gasteiger partial charge in [0.05, 0.1) is 5.92 Å². The van der Waals surface area contributed by atoms with Crippen LogP contribution in [0.3, 0.4) is 0 Å². The number of H-pyrrole nitrogens is 1. The molecule has 0 radical (unpaired) electrons. The molecule has 1 aromatic heterocycles. The molecule has 3 amide bonds. The second-order valence-corrected chi connectivity index (χ2v) is 15.8. The van der Waals surface area contributed by atoms with Gasteiger partial charge in [-0.1, -0.05) is 73.7 Å². The van der Waals surface area contributed by atoms with Crippen molar-refractivity contribution in [2.75, 3.05) is 33.3 Å². The number of ether oxygens (including phenoxy) is 2. The Hall–Kier alpha value is -5.16. The molecular weight excluding hydrogens is 695 g/mol. The van der Waals surface area contributed by atoms with Crippen LogP contribution in [0, 0.1) is 5.92 Å². The molecule has 11 nitrogen and oxygen atoms in total. The van der Waals surface area contributed by atoms with Crippen molar-refractivity contribution in [3.63, 3.8) is 0 Å². The van der Waals surface area contributed by atoms with E-state index in [2.05, 4.69) is 45.2 Å². The van der Waals surface area contributed by atoms with Gasteiger partial charge in [-0.05, 0) is 100 Å². The van der Waals surface area contributed by atoms with Crippen LogP contribution < -0.4 is 16.0 Å². The molecule has 0 spiro atoms. The Balaban J connectivity index is 1.16. The third kappa shape index (κ3) is 9.39. The number of hydrogen-bond acceptors (Lipinski definition) is 7. The first-order valence-electron chi connectivity index (χ1n) is 19.6. The lowest BCUT2D eigenvalue weighted by molar-refractivity contribution is -0.159. The molecule has 0 saturated carbocycles. The monoisotopic (exact) mass is 749 g/mol. The molecule has 4 aromatic rings. The van der Waals surface area contributed by atoms with Gasteiger partial charge in [0.2, 0.25) is 11.8 Å². The van der Waals surface area contributed by atoms with Gasteiger partial charge in [0.1, 0.15) is 24.3 Å². The number of aromatic nitrogens is 1. The Morgan fingerprint density at radius 3 is 2.27 bits per heavy atom. The fourth-order valence-electron chi connectivity index (χ4n) is 7.91. The van der Waals surface area contributed by atoms with Gasteiger partial charge < -0.3 is 35.3 Å². The van der Waals surface area contributed by atoms with E-state index in [1.54, 1.807) is 25.7 Å². The summed E-state index contributed by atoms with van der Waals surface area (Å²) >= 11 is 0. The number of para-hydroxylation sites is 1. The molecule has 2 aliphatic rings. The average molecular weight is 750 g/mol. The molecular formula is C44H55N5O6. The number of benzene rings is 3. The first kappa shape index (κ1) is 39.5. The quantitative estimate of drug-likeness (QED) is 0.0838. The van der Waals surface area contributed by atoms with Crippen molar-refractivity contribution in [2.45, 2.75) is 89.3 Å². The number of likely N-dealkylation sites (tertiary alicyclic amines) is 1. The van der Waals surface area contributed by atoms with Crippen molar-refractivity contribution < 1.29 is 28.7 Å². The minimum Gasteiger partial charge on any atom is -0.458 e. The Kier molecular flexibility index (Phi) is 12.6. The molecule has 6 rings (SSSR count). The van der Waals surface area contributed by atoms with Crippen molar-refractivity contribution in [1.29, 1.82) is 0 Å². The summed E-state index contributed by atoms with van der Waals surface area (Å²) in [6, 6.07) is 22.3. The molecule has 1 saturated heterocycles. The van der Waals surface area contributed by atoms with Gasteiger partial charge in [-0.3, -0.25) is 9.59 Å². The minimum atomic E-state index is -1.02. The summed E-state index contributed by atoms with van der Waals surface area (Å²) in [6.07, 6.45) is 4.48. The maximum atomic E-state index is 14.3. The van der Waals surface area contributed by atoms with Crippen LogP contribution >= 0.6 is 0 Å². The van der Waals surface area contributed by atoms with Gasteiger partial charge in [0, 0.05) is 42.0 Å². The van der Waals surface area contributed by atoms with Gasteiger partial charge in [0.25, 0.3) is 0 Å². The third-order valence-electron chi connectivity index (χ3n) is 10.8. The fourth-order valence-corrected chi connectivity index (χ4v) is 7.91. The van der Waals surface area contributed by atoms with Crippen LogP contribution in [0.2, 0.25) is 0 Å². The highest BCUT2D eigenvalue weighted by molar-refractivity contribution is 5.93. The van der Waals surface area contributed by atoms with Crippen LogP contribution in [0.5, 0.6) is 0 Å². The number of carbonyl (C=O) groups excluding carboxylic acids is 4. The van der Waals surface area contributed by atoms with Gasteiger partial charge in [-0.2, -0.15) is 0 Å². The highest BCUT2D eigenvalue weighted by Gasteiger charge is 2.37. The molecule has 4 N–H and O–H groups in total. The summed E-state index contributed by atoms with van der Waals surface area (Å²) in [7, 11) is 1.87. The summed E-state index contributed by atoms with van der Waals surface area (Å²) in [5, 5.41) is 10.1. The minimum absolute atomic E-state index is 0.0710. The van der Waals surface area contributed by atoms with Crippen LogP contribution in [0.1, 0.15) is 88.3 Å². The van der Waals surface area contributed by atoms with Crippen LogP contribution in [0.15, 0.2) is 79.0 Å². The van der Waals surface area contributed by atoms with Crippen LogP contribution in [-0.2, 0) is 23.9 Å². The second kappa shape index (κ2) is 17.5. The molecule has 11 heteroatoms. The smallest absolute Gasteiger partial charge is 0.409 e. The molecule has 2 heterocycles. The van der Waals surface area contributed by atoms with Crippen molar-refractivity contribution >= 4 is 34.8 Å². The molecule has 292 valence electrons. The number of hydrogen-bond donors (Lipinski definition) is 4. The van der Waals surface area contributed by atoms with Crippen molar-refractivity contribution in [1.82, 2.24) is 25.8 Å². The maximum absolute atomic E-state index is 14.3. The van der Waals surface area contributed by atoms with Crippen LogP contribution in [0.25, 0.3) is 22.0 Å². The third-order valence-corrected chi connectivity index (χ3v) is 10.8. The highest BCUT2D eigenvalue weighted by Crippen LogP contribution is 2.44. The molecule has 1 aliphatic carbocycles. The standard InChI is InChI=1S/C44H55N5O6/c1-28(35-25-46-37-21-11-10-20-34(35)37)39(41(51)47-38(22-12-13-23-45-5)42(52)55-44(2,3)4)48-40(50)29-15-14-24-49(26-29)43(53)54-27-36-32-18-8-6-16-30(32)31-17-7-9-19-33(31)36/h6-11,16-21,25,28-29,36,38-39,45-46H,12-15,22-24,26-27H2,1-5H3,(H,47,51)(H,48,50)/t28-,29?,38?,39?/m0/s1. The first-order chi connectivity index (χ1) is 26.4. The highest BCUT2D eigenvalue weighted by atomic mass is 16.6. The Labute approximate surface area is 323 Å². The van der Waals surface area contributed by atoms with Gasteiger partial charge in [0.15, 0.2) is 0 Å². The maximum Gasteiger partial charge on any atom is 0.409 e. The fraction of sp³-hybridized carbons (Fsp3) is 0.455. The average Bonchev–Trinajstić information content (AvgIpc) is 3.75. The Bertz CT molecular complexity index is 1940. The molecule has 1 aliphatic heterocycles. The zero-order valence-electron chi connectivity index (χ0n) is 32.7. The zero-order chi connectivity index (χ0) is 39.1. The van der Waals surface area contributed by atoms with E-state index in [1.165, 1.54) is 0 Å². The van der Waals surface area contributed by atoms with E-state index in [0.717, 1.165) is 51.7 Å². The molecule has 3 unspecified atom stereocenters. The summed E-state index contributed by atoms with van der Waals surface area (Å²) in [4.78, 5) is 60.3. The number of rotatable bonds is 14. The lowest BCUT2D eigenvalue weighted by atomic mass is 9.90. The van der Waals surface area contributed by atoms with E-state index >= 15 is 0 Å². The lowest BCUT2D eigenvalue weighted by Crippen LogP contribution is -2.56. The number of piperidine rings is 1. The molecule has 0 bridgehead atoms. The normalized spacial score (nSPS) is 17.1. The van der Waals surface area contributed by atoms with Gasteiger partial charge in [-0.25, -0.2) is 9.59 Å². The lowest BCUT2D eigenvalue weighted by Gasteiger charge is -2.33. The summed E-state index contributed by atoms with van der Waals surface area (Å²) < 4.78 is 11.7. The number of amides is 3. The Morgan fingerprint density at radius 1 is 0.909 bits per heavy atom. The van der Waals surface area contributed by atoms with Crippen molar-refractivity contribution in [2.24, 2.45) is 5.92 Å². The SMILES string of the molecule is CNCCCCC(NC(=O)C(NC(=O)C1CCCN(C(=O)OCC2c3ccccc3-c3ccccc32)C1)[C@@H](C)c1c[nH]c2ccccc12)C(=O)OC(C)(C)C. The number of carbonyl (C=O) groups is 4. The number of fused-ring (bicyclic) bond motifs is 4. The van der Waals surface area contributed by atoms with E-state index in [-0.39, 0.29) is 25.0 Å². The molecule has 4 atom stereocenters. The van der Waals surface area contributed by atoms with Gasteiger partial charge in [-0.15, -0.1) is 0 Å². The van der Waals surface area contributed by atoms with Gasteiger partial charge >= 0.3 is 12.1 Å². The van der Waals surface area contributed by atoms with E-state index < -0.39 is 47.5 Å². The van der Waals surface area contributed by atoms with E-state index in [1.807, 2.05) is 68.7 Å². The predicted molar refractivity (Wildman–Crippen MR) is 214 cm³/mol. The predicted octanol–water partition coefficient (Wildman–Crippen LogP) is 6.63. The number of aromatic amines is 1. The molecule has 1 fully saturated rings. The number of unbranched alkanes of at least 4 members (excludes halogenated alkanes) is 1. The second-order valence-electron chi connectivity index (χ2n) is 15.8. The van der Waals surface area contributed by atoms with E-state index in [0.29, 0.717) is 32.2 Å². The zero-order valence-corrected chi connectivity index (χ0v) is 32.7. The largest absolute Gasteiger partial charge is 0.458 e. The summed E-state index contributed by atoms with van der Waals surface area (Å²) in [5.41, 5.74) is 5.61. The number of nitrogens with one attached hydrogen (secondary N) is 4. The Morgan fingerprint density at radius 2 is 1.58 bits per heavy atom.